The number of alkyl halides is 3. The second-order valence-electron chi connectivity index (χ2n) is 5.19. The molecule has 0 radical (unpaired) electrons. The highest BCUT2D eigenvalue weighted by molar-refractivity contribution is 5.78. The second-order valence-corrected chi connectivity index (χ2v) is 5.19. The monoisotopic (exact) mass is 300 g/mol. The van der Waals surface area contributed by atoms with Gasteiger partial charge in [0.05, 0.1) is 12.0 Å². The zero-order valence-electron chi connectivity index (χ0n) is 12.0. The molecule has 1 saturated heterocycles. The van der Waals surface area contributed by atoms with E-state index in [1.54, 1.807) is 4.90 Å². The number of amides is 1. The van der Waals surface area contributed by atoms with Crippen molar-refractivity contribution in [2.24, 2.45) is 0 Å². The first-order valence-electron chi connectivity index (χ1n) is 7.06. The molecule has 116 valence electrons. The highest BCUT2D eigenvalue weighted by Gasteiger charge is 2.30. The molecule has 1 aromatic rings. The Labute approximate surface area is 122 Å². The van der Waals surface area contributed by atoms with Crippen LogP contribution < -0.4 is 0 Å². The Bertz CT molecular complexity index is 477. The van der Waals surface area contributed by atoms with Crippen LogP contribution in [0, 0.1) is 0 Å². The number of benzene rings is 1. The summed E-state index contributed by atoms with van der Waals surface area (Å²) in [5.41, 5.74) is -0.0684. The van der Waals surface area contributed by atoms with Crippen LogP contribution in [0.4, 0.5) is 13.2 Å². The molecule has 1 fully saturated rings. The Morgan fingerprint density at radius 2 is 1.67 bits per heavy atom. The Morgan fingerprint density at radius 1 is 1.10 bits per heavy atom. The predicted octanol–water partition coefficient (Wildman–Crippen LogP) is 2.41. The number of hydrogen-bond donors (Lipinski definition) is 0. The zero-order valence-corrected chi connectivity index (χ0v) is 12.0. The highest BCUT2D eigenvalue weighted by Crippen LogP contribution is 2.29. The summed E-state index contributed by atoms with van der Waals surface area (Å²) in [6.45, 7) is 6.14. The van der Waals surface area contributed by atoms with Crippen LogP contribution in [0.2, 0.25) is 0 Å². The molecule has 0 atom stereocenters. The largest absolute Gasteiger partial charge is 0.416 e. The molecule has 21 heavy (non-hydrogen) atoms. The normalized spacial score (nSPS) is 17.0. The van der Waals surface area contributed by atoms with E-state index in [0.717, 1.165) is 31.8 Å². The summed E-state index contributed by atoms with van der Waals surface area (Å²) in [5, 5.41) is 0. The van der Waals surface area contributed by atoms with Crippen molar-refractivity contribution in [3.8, 4) is 0 Å². The SMILES string of the molecule is CCN1CCN(C(=O)Cc2ccc(C(F)(F)F)cc2)CC1. The minimum absolute atomic E-state index is 0.0227. The van der Waals surface area contributed by atoms with Crippen LogP contribution in [0.15, 0.2) is 24.3 Å². The molecule has 1 heterocycles. The maximum Gasteiger partial charge on any atom is 0.416 e. The van der Waals surface area contributed by atoms with Gasteiger partial charge in [-0.2, -0.15) is 13.2 Å². The van der Waals surface area contributed by atoms with Gasteiger partial charge < -0.3 is 9.80 Å². The van der Waals surface area contributed by atoms with Gasteiger partial charge in [-0.3, -0.25) is 4.79 Å². The van der Waals surface area contributed by atoms with Gasteiger partial charge in [0.2, 0.25) is 5.91 Å². The van der Waals surface area contributed by atoms with Crippen molar-refractivity contribution in [1.82, 2.24) is 9.80 Å². The second kappa shape index (κ2) is 6.47. The van der Waals surface area contributed by atoms with Crippen LogP contribution >= 0.6 is 0 Å². The van der Waals surface area contributed by atoms with Crippen molar-refractivity contribution >= 4 is 5.91 Å². The van der Waals surface area contributed by atoms with Gasteiger partial charge in [-0.05, 0) is 24.2 Å². The molecule has 1 aliphatic rings. The van der Waals surface area contributed by atoms with Crippen molar-refractivity contribution in [2.75, 3.05) is 32.7 Å². The minimum atomic E-state index is -4.33. The van der Waals surface area contributed by atoms with Crippen LogP contribution in [-0.4, -0.2) is 48.4 Å². The molecule has 0 saturated carbocycles. The van der Waals surface area contributed by atoms with E-state index in [1.165, 1.54) is 12.1 Å². The Morgan fingerprint density at radius 3 is 2.14 bits per heavy atom. The van der Waals surface area contributed by atoms with Crippen molar-refractivity contribution in [1.29, 1.82) is 0 Å². The first-order valence-corrected chi connectivity index (χ1v) is 7.06. The van der Waals surface area contributed by atoms with E-state index in [2.05, 4.69) is 11.8 Å². The molecule has 1 aromatic carbocycles. The molecule has 0 unspecified atom stereocenters. The number of rotatable bonds is 3. The lowest BCUT2D eigenvalue weighted by atomic mass is 10.1. The zero-order chi connectivity index (χ0) is 15.5. The fraction of sp³-hybridized carbons (Fsp3) is 0.533. The number of carbonyl (C=O) groups excluding carboxylic acids is 1. The number of carbonyl (C=O) groups is 1. The van der Waals surface area contributed by atoms with E-state index < -0.39 is 11.7 Å². The lowest BCUT2D eigenvalue weighted by Crippen LogP contribution is -2.48. The lowest BCUT2D eigenvalue weighted by molar-refractivity contribution is -0.137. The Kier molecular flexibility index (Phi) is 4.88. The Hall–Kier alpha value is -1.56. The summed E-state index contributed by atoms with van der Waals surface area (Å²) in [7, 11) is 0. The molecule has 0 aliphatic carbocycles. The predicted molar refractivity (Wildman–Crippen MR) is 73.8 cm³/mol. The van der Waals surface area contributed by atoms with Gasteiger partial charge in [0.15, 0.2) is 0 Å². The summed E-state index contributed by atoms with van der Waals surface area (Å²) in [6, 6.07) is 4.81. The van der Waals surface area contributed by atoms with E-state index in [4.69, 9.17) is 0 Å². The third kappa shape index (κ3) is 4.20. The summed E-state index contributed by atoms with van der Waals surface area (Å²) in [4.78, 5) is 16.2. The average molecular weight is 300 g/mol. The van der Waals surface area contributed by atoms with Gasteiger partial charge in [0, 0.05) is 26.2 Å². The molecule has 0 spiro atoms. The number of halogens is 3. The van der Waals surface area contributed by atoms with Crippen LogP contribution in [0.1, 0.15) is 18.1 Å². The molecule has 0 aromatic heterocycles. The molecule has 0 N–H and O–H groups in total. The molecular formula is C15H19F3N2O. The topological polar surface area (TPSA) is 23.6 Å². The van der Waals surface area contributed by atoms with E-state index in [1.807, 2.05) is 0 Å². The quantitative estimate of drug-likeness (QED) is 0.856. The Balaban J connectivity index is 1.91. The fourth-order valence-electron chi connectivity index (χ4n) is 2.41. The van der Waals surface area contributed by atoms with Gasteiger partial charge in [-0.15, -0.1) is 0 Å². The van der Waals surface area contributed by atoms with Crippen LogP contribution in [0.25, 0.3) is 0 Å². The third-order valence-corrected chi connectivity index (χ3v) is 3.81. The van der Waals surface area contributed by atoms with Gasteiger partial charge in [0.25, 0.3) is 0 Å². The molecule has 6 heteroatoms. The highest BCUT2D eigenvalue weighted by atomic mass is 19.4. The first-order chi connectivity index (χ1) is 9.90. The van der Waals surface area contributed by atoms with Crippen molar-refractivity contribution in [3.63, 3.8) is 0 Å². The van der Waals surface area contributed by atoms with E-state index in [0.29, 0.717) is 18.7 Å². The smallest absolute Gasteiger partial charge is 0.340 e. The van der Waals surface area contributed by atoms with E-state index in [9.17, 15) is 18.0 Å². The first kappa shape index (κ1) is 15.8. The summed E-state index contributed by atoms with van der Waals surface area (Å²) in [5.74, 6) is -0.0227. The maximum absolute atomic E-state index is 12.5. The summed E-state index contributed by atoms with van der Waals surface area (Å²) in [6.07, 6.45) is -4.18. The number of likely N-dealkylation sites (N-methyl/N-ethyl adjacent to an activating group) is 1. The fourth-order valence-corrected chi connectivity index (χ4v) is 2.41. The summed E-state index contributed by atoms with van der Waals surface area (Å²) < 4.78 is 37.4. The van der Waals surface area contributed by atoms with Crippen LogP contribution in [0.5, 0.6) is 0 Å². The van der Waals surface area contributed by atoms with E-state index >= 15 is 0 Å². The van der Waals surface area contributed by atoms with Crippen molar-refractivity contribution < 1.29 is 18.0 Å². The third-order valence-electron chi connectivity index (χ3n) is 3.81. The summed E-state index contributed by atoms with van der Waals surface area (Å²) >= 11 is 0. The standard InChI is InChI=1S/C15H19F3N2O/c1-2-19-7-9-20(10-8-19)14(21)11-12-3-5-13(6-4-12)15(16,17)18/h3-6H,2,7-11H2,1H3. The molecule has 1 amide bonds. The van der Waals surface area contributed by atoms with E-state index in [-0.39, 0.29) is 12.3 Å². The average Bonchev–Trinajstić information content (AvgIpc) is 2.47. The van der Waals surface area contributed by atoms with Gasteiger partial charge >= 0.3 is 6.18 Å². The van der Waals surface area contributed by atoms with Gasteiger partial charge in [-0.25, -0.2) is 0 Å². The van der Waals surface area contributed by atoms with Gasteiger partial charge in [-0.1, -0.05) is 19.1 Å². The molecule has 2 rings (SSSR count). The van der Waals surface area contributed by atoms with Crippen molar-refractivity contribution in [2.45, 2.75) is 19.5 Å². The molecule has 1 aliphatic heterocycles. The molecular weight excluding hydrogens is 281 g/mol. The van der Waals surface area contributed by atoms with Crippen molar-refractivity contribution in [3.05, 3.63) is 35.4 Å². The molecule has 0 bridgehead atoms. The number of nitrogens with zero attached hydrogens (tertiary/aromatic N) is 2. The number of hydrogen-bond acceptors (Lipinski definition) is 2. The van der Waals surface area contributed by atoms with Gasteiger partial charge in [0.1, 0.15) is 0 Å². The minimum Gasteiger partial charge on any atom is -0.340 e. The van der Waals surface area contributed by atoms with Crippen LogP contribution in [-0.2, 0) is 17.4 Å². The maximum atomic E-state index is 12.5. The lowest BCUT2D eigenvalue weighted by Gasteiger charge is -2.34. The number of piperazine rings is 1. The van der Waals surface area contributed by atoms with Crippen LogP contribution in [0.3, 0.4) is 0 Å². The molecule has 3 nitrogen and oxygen atoms in total.